The minimum atomic E-state index is -0.284. The van der Waals surface area contributed by atoms with Crippen molar-refractivity contribution in [1.29, 1.82) is 0 Å². The van der Waals surface area contributed by atoms with Gasteiger partial charge in [0.05, 0.1) is 0 Å². The highest BCUT2D eigenvalue weighted by atomic mass is 79.9. The predicted octanol–water partition coefficient (Wildman–Crippen LogP) is 3.40. The normalized spacial score (nSPS) is 27.9. The molecule has 4 heteroatoms. The Morgan fingerprint density at radius 1 is 0.939 bits per heavy atom. The largest absolute Gasteiger partial charge is 1.00 e. The van der Waals surface area contributed by atoms with Gasteiger partial charge in [-0.2, -0.15) is 4.57 Å². The number of aromatic nitrogens is 1. The predicted molar refractivity (Wildman–Crippen MR) is 132 cm³/mol. The minimum absolute atomic E-state index is 0. The van der Waals surface area contributed by atoms with Crippen molar-refractivity contribution < 1.29 is 26.3 Å². The maximum Gasteiger partial charge on any atom is 0.206 e. The van der Waals surface area contributed by atoms with Crippen LogP contribution >= 0.6 is 11.8 Å². The lowest BCUT2D eigenvalue weighted by Gasteiger charge is -2.57. The van der Waals surface area contributed by atoms with Gasteiger partial charge >= 0.3 is 0 Å². The lowest BCUT2D eigenvalue weighted by Crippen LogP contribution is -3.00. The molecule has 1 heterocycles. The molecule has 0 unspecified atom stereocenters. The Morgan fingerprint density at radius 2 is 1.48 bits per heavy atom. The van der Waals surface area contributed by atoms with Crippen molar-refractivity contribution >= 4 is 17.5 Å². The molecular weight excluding hydrogens is 490 g/mol. The molecule has 0 aliphatic heterocycles. The molecule has 0 atom stereocenters. The molecule has 4 aliphatic carbocycles. The van der Waals surface area contributed by atoms with E-state index in [1.54, 1.807) is 5.56 Å². The SMILES string of the molecule is CC(C)(C)C(=O)C[n+]1ccc(CCSc2ccc(C34CC5CC(CC(C5)C3)C4)cc2)cc1.[Br-]. The lowest BCUT2D eigenvalue weighted by atomic mass is 9.48. The Morgan fingerprint density at radius 3 is 2.00 bits per heavy atom. The van der Waals surface area contributed by atoms with E-state index in [2.05, 4.69) is 36.4 Å². The summed E-state index contributed by atoms with van der Waals surface area (Å²) < 4.78 is 1.99. The van der Waals surface area contributed by atoms with Crippen LogP contribution in [0.3, 0.4) is 0 Å². The number of halogens is 1. The van der Waals surface area contributed by atoms with Gasteiger partial charge in [0.2, 0.25) is 12.3 Å². The quantitative estimate of drug-likeness (QED) is 0.406. The summed E-state index contributed by atoms with van der Waals surface area (Å²) in [6.07, 6.45) is 14.0. The van der Waals surface area contributed by atoms with E-state index in [9.17, 15) is 4.79 Å². The number of rotatable bonds is 7. The molecule has 33 heavy (non-hydrogen) atoms. The summed E-state index contributed by atoms with van der Waals surface area (Å²) in [5.41, 5.74) is 3.18. The number of hydrogen-bond acceptors (Lipinski definition) is 2. The van der Waals surface area contributed by atoms with Crippen molar-refractivity contribution in [2.75, 3.05) is 5.75 Å². The summed E-state index contributed by atoms with van der Waals surface area (Å²) in [5.74, 6) is 4.37. The van der Waals surface area contributed by atoms with Crippen LogP contribution in [0.5, 0.6) is 0 Å². The fourth-order valence-electron chi connectivity index (χ4n) is 6.82. The summed E-state index contributed by atoms with van der Waals surface area (Å²) >= 11 is 1.96. The fourth-order valence-corrected chi connectivity index (χ4v) is 7.72. The summed E-state index contributed by atoms with van der Waals surface area (Å²) in [7, 11) is 0. The van der Waals surface area contributed by atoms with Crippen molar-refractivity contribution in [1.82, 2.24) is 0 Å². The molecular formula is C29H38BrNOS. The van der Waals surface area contributed by atoms with Crippen LogP contribution < -0.4 is 21.5 Å². The average Bonchev–Trinajstić information content (AvgIpc) is 2.74. The number of hydrogen-bond donors (Lipinski definition) is 0. The summed E-state index contributed by atoms with van der Waals surface area (Å²) in [6, 6.07) is 14.0. The molecule has 4 aliphatic rings. The molecule has 178 valence electrons. The number of aryl methyl sites for hydroxylation is 1. The van der Waals surface area contributed by atoms with Crippen LogP contribution in [0.1, 0.15) is 70.4 Å². The van der Waals surface area contributed by atoms with Crippen LogP contribution in [0.25, 0.3) is 0 Å². The molecule has 2 aromatic rings. The number of carbonyl (C=O) groups excluding carboxylic acids is 1. The standard InChI is InChI=1S/C29H38NOS.BrH/c1-28(2,3)27(31)20-30-11-8-21(9-12-30)10-13-32-26-6-4-25(5-7-26)29-17-22-14-23(18-29)16-24(15-22)19-29;/h4-9,11-12,22-24H,10,13-20H2,1-3H3;1H/q+1;/p-1. The molecule has 0 spiro atoms. The molecule has 6 rings (SSSR count). The number of nitrogens with zero attached hydrogens (tertiary/aromatic N) is 1. The van der Waals surface area contributed by atoms with Crippen LogP contribution in [0.2, 0.25) is 0 Å². The first-order chi connectivity index (χ1) is 15.3. The second-order valence-electron chi connectivity index (χ2n) is 11.9. The zero-order chi connectivity index (χ0) is 22.3. The summed E-state index contributed by atoms with van der Waals surface area (Å²) in [4.78, 5) is 13.6. The topological polar surface area (TPSA) is 20.9 Å². The molecule has 1 aromatic heterocycles. The number of benzene rings is 1. The molecule has 4 fully saturated rings. The third-order valence-corrected chi connectivity index (χ3v) is 9.30. The number of ketones is 1. The molecule has 4 saturated carbocycles. The molecule has 1 aromatic carbocycles. The van der Waals surface area contributed by atoms with E-state index in [1.807, 2.05) is 49.5 Å². The second-order valence-corrected chi connectivity index (χ2v) is 13.0. The maximum absolute atomic E-state index is 12.2. The van der Waals surface area contributed by atoms with Crippen molar-refractivity contribution in [3.05, 3.63) is 59.9 Å². The van der Waals surface area contributed by atoms with Crippen molar-refractivity contribution in [2.45, 2.75) is 82.6 Å². The van der Waals surface area contributed by atoms with E-state index in [0.717, 1.165) is 29.9 Å². The van der Waals surface area contributed by atoms with E-state index < -0.39 is 0 Å². The average molecular weight is 529 g/mol. The van der Waals surface area contributed by atoms with Crippen LogP contribution in [0.4, 0.5) is 0 Å². The molecule has 0 N–H and O–H groups in total. The molecule has 0 radical (unpaired) electrons. The Bertz CT molecular complexity index is 925. The Balaban J connectivity index is 0.00000259. The highest BCUT2D eigenvalue weighted by molar-refractivity contribution is 7.99. The Kier molecular flexibility index (Phi) is 7.46. The van der Waals surface area contributed by atoms with Crippen LogP contribution in [-0.2, 0) is 23.2 Å². The van der Waals surface area contributed by atoms with E-state index in [0.29, 0.717) is 12.0 Å². The van der Waals surface area contributed by atoms with Gasteiger partial charge in [-0.25, -0.2) is 0 Å². The molecule has 0 saturated heterocycles. The third-order valence-electron chi connectivity index (χ3n) is 8.29. The van der Waals surface area contributed by atoms with Gasteiger partial charge in [-0.05, 0) is 91.4 Å². The summed E-state index contributed by atoms with van der Waals surface area (Å²) in [5, 5.41) is 0. The zero-order valence-corrected chi connectivity index (χ0v) is 22.8. The molecule has 0 amide bonds. The van der Waals surface area contributed by atoms with Crippen molar-refractivity contribution in [2.24, 2.45) is 23.2 Å². The van der Waals surface area contributed by atoms with Crippen molar-refractivity contribution in [3.8, 4) is 0 Å². The van der Waals surface area contributed by atoms with Gasteiger partial charge < -0.3 is 17.0 Å². The maximum atomic E-state index is 12.2. The first-order valence-corrected chi connectivity index (χ1v) is 13.5. The lowest BCUT2D eigenvalue weighted by molar-refractivity contribution is -0.684. The Hall–Kier alpha value is -1.13. The van der Waals surface area contributed by atoms with Gasteiger partial charge in [-0.1, -0.05) is 32.9 Å². The third kappa shape index (κ3) is 5.59. The number of carbonyl (C=O) groups is 1. The number of pyridine rings is 1. The first-order valence-electron chi connectivity index (χ1n) is 12.5. The molecule has 2 nitrogen and oxygen atoms in total. The van der Waals surface area contributed by atoms with Crippen LogP contribution in [0, 0.1) is 23.2 Å². The van der Waals surface area contributed by atoms with E-state index in [4.69, 9.17) is 0 Å². The van der Waals surface area contributed by atoms with Crippen LogP contribution in [0.15, 0.2) is 53.7 Å². The number of thioether (sulfide) groups is 1. The number of Topliss-reactive ketones (excluding diaryl/α,β-unsaturated/α-hetero) is 1. The van der Waals surface area contributed by atoms with Crippen molar-refractivity contribution in [3.63, 3.8) is 0 Å². The highest BCUT2D eigenvalue weighted by Crippen LogP contribution is 2.60. The van der Waals surface area contributed by atoms with Gasteiger partial charge in [0.1, 0.15) is 0 Å². The zero-order valence-electron chi connectivity index (χ0n) is 20.4. The van der Waals surface area contributed by atoms with Gasteiger partial charge in [0, 0.05) is 28.2 Å². The monoisotopic (exact) mass is 527 g/mol. The fraction of sp³-hybridized carbons (Fsp3) is 0.586. The van der Waals surface area contributed by atoms with Gasteiger partial charge in [0.15, 0.2) is 12.4 Å². The van der Waals surface area contributed by atoms with Crippen LogP contribution in [-0.4, -0.2) is 11.5 Å². The first kappa shape index (κ1) is 25.0. The van der Waals surface area contributed by atoms with E-state index in [1.165, 1.54) is 49.0 Å². The van der Waals surface area contributed by atoms with Gasteiger partial charge in [-0.3, -0.25) is 4.79 Å². The van der Waals surface area contributed by atoms with Gasteiger partial charge in [-0.15, -0.1) is 11.8 Å². The summed E-state index contributed by atoms with van der Waals surface area (Å²) in [6.45, 7) is 6.40. The highest BCUT2D eigenvalue weighted by Gasteiger charge is 2.51. The van der Waals surface area contributed by atoms with E-state index in [-0.39, 0.29) is 28.2 Å². The second kappa shape index (κ2) is 9.85. The van der Waals surface area contributed by atoms with E-state index >= 15 is 0 Å². The minimum Gasteiger partial charge on any atom is -1.00 e. The smallest absolute Gasteiger partial charge is 0.206 e. The van der Waals surface area contributed by atoms with Gasteiger partial charge in [0.25, 0.3) is 0 Å². The Labute approximate surface area is 214 Å². The molecule has 4 bridgehead atoms.